The zero-order chi connectivity index (χ0) is 13.1. The first-order chi connectivity index (χ1) is 8.65. The van der Waals surface area contributed by atoms with Crippen LogP contribution in [-0.4, -0.2) is 42.3 Å². The van der Waals surface area contributed by atoms with Gasteiger partial charge in [0.25, 0.3) is 0 Å². The van der Waals surface area contributed by atoms with E-state index in [9.17, 15) is 0 Å². The molecule has 7 heteroatoms. The average Bonchev–Trinajstić information content (AvgIpc) is 2.38. The molecule has 116 valence electrons. The summed E-state index contributed by atoms with van der Waals surface area (Å²) < 4.78 is 5.60. The van der Waals surface area contributed by atoms with E-state index in [1.165, 1.54) is 5.56 Å². The summed E-state index contributed by atoms with van der Waals surface area (Å²) in [6.45, 7) is 9.10. The van der Waals surface area contributed by atoms with E-state index in [4.69, 9.17) is 10.5 Å². The number of aryl methyl sites for hydroxylation is 2. The lowest BCUT2D eigenvalue weighted by atomic mass is 10.1. The number of nitrogens with two attached hydrogens (primary N) is 1. The molecule has 20 heavy (non-hydrogen) atoms. The maximum absolute atomic E-state index is 5.69. The molecule has 0 aromatic carbocycles. The molecule has 1 fully saturated rings. The highest BCUT2D eigenvalue weighted by atomic mass is 35.5. The van der Waals surface area contributed by atoms with Gasteiger partial charge < -0.3 is 15.4 Å². The van der Waals surface area contributed by atoms with Gasteiger partial charge in [0.1, 0.15) is 11.6 Å². The van der Waals surface area contributed by atoms with Crippen molar-refractivity contribution in [3.05, 3.63) is 17.1 Å². The molecule has 2 rings (SSSR count). The minimum absolute atomic E-state index is 0. The van der Waals surface area contributed by atoms with Crippen LogP contribution in [0.15, 0.2) is 0 Å². The Kier molecular flexibility index (Phi) is 8.35. The Morgan fingerprint density at radius 3 is 2.60 bits per heavy atom. The normalized spacial score (nSPS) is 18.2. The van der Waals surface area contributed by atoms with Gasteiger partial charge in [-0.25, -0.2) is 9.97 Å². The van der Waals surface area contributed by atoms with Crippen LogP contribution in [-0.2, 0) is 11.2 Å². The largest absolute Gasteiger partial charge is 0.373 e. The van der Waals surface area contributed by atoms with Gasteiger partial charge >= 0.3 is 0 Å². The molecule has 1 aliphatic heterocycles. The van der Waals surface area contributed by atoms with Crippen molar-refractivity contribution >= 4 is 30.6 Å². The third-order valence-electron chi connectivity index (χ3n) is 3.36. The highest BCUT2D eigenvalue weighted by Crippen LogP contribution is 2.23. The maximum atomic E-state index is 5.69. The van der Waals surface area contributed by atoms with Crippen molar-refractivity contribution in [3.63, 3.8) is 0 Å². The fraction of sp³-hybridized carbons (Fsp3) is 0.692. The third-order valence-corrected chi connectivity index (χ3v) is 3.36. The summed E-state index contributed by atoms with van der Waals surface area (Å²) in [6.07, 6.45) is 1.06. The number of aromatic nitrogens is 2. The van der Waals surface area contributed by atoms with Crippen molar-refractivity contribution in [2.24, 2.45) is 5.73 Å². The maximum Gasteiger partial charge on any atom is 0.135 e. The SMILES string of the molecule is CCc1c(C)nc(C)nc1N1CCOC(CN)C1.Cl.Cl. The van der Waals surface area contributed by atoms with E-state index in [1.807, 2.05) is 6.92 Å². The number of anilines is 1. The Bertz CT molecular complexity index is 431. The first-order valence-electron chi connectivity index (χ1n) is 6.56. The summed E-state index contributed by atoms with van der Waals surface area (Å²) >= 11 is 0. The number of morpholine rings is 1. The van der Waals surface area contributed by atoms with Gasteiger partial charge in [-0.1, -0.05) is 6.92 Å². The van der Waals surface area contributed by atoms with Gasteiger partial charge in [0.2, 0.25) is 0 Å². The average molecular weight is 323 g/mol. The summed E-state index contributed by atoms with van der Waals surface area (Å²) in [5, 5.41) is 0. The lowest BCUT2D eigenvalue weighted by Crippen LogP contribution is -2.46. The molecule has 2 N–H and O–H groups in total. The molecule has 1 aromatic heterocycles. The quantitative estimate of drug-likeness (QED) is 0.917. The van der Waals surface area contributed by atoms with Gasteiger partial charge in [-0.2, -0.15) is 0 Å². The van der Waals surface area contributed by atoms with E-state index in [2.05, 4.69) is 28.7 Å². The molecule has 1 aromatic rings. The summed E-state index contributed by atoms with van der Waals surface area (Å²) in [6, 6.07) is 0. The van der Waals surface area contributed by atoms with Crippen molar-refractivity contribution in [2.75, 3.05) is 31.1 Å². The van der Waals surface area contributed by atoms with Crippen LogP contribution in [0.2, 0.25) is 0 Å². The van der Waals surface area contributed by atoms with Crippen LogP contribution in [0.3, 0.4) is 0 Å². The highest BCUT2D eigenvalue weighted by Gasteiger charge is 2.23. The Labute approximate surface area is 133 Å². The molecule has 5 nitrogen and oxygen atoms in total. The second-order valence-electron chi connectivity index (χ2n) is 4.69. The van der Waals surface area contributed by atoms with Crippen LogP contribution in [0, 0.1) is 13.8 Å². The van der Waals surface area contributed by atoms with Gasteiger partial charge in [0, 0.05) is 30.9 Å². The summed E-state index contributed by atoms with van der Waals surface area (Å²) in [7, 11) is 0. The lowest BCUT2D eigenvalue weighted by Gasteiger charge is -2.34. The van der Waals surface area contributed by atoms with E-state index in [0.29, 0.717) is 13.2 Å². The fourth-order valence-electron chi connectivity index (χ4n) is 2.45. The molecule has 2 heterocycles. The number of rotatable bonds is 3. The van der Waals surface area contributed by atoms with Crippen LogP contribution in [0.4, 0.5) is 5.82 Å². The number of halogens is 2. The summed E-state index contributed by atoms with van der Waals surface area (Å²) in [5.74, 6) is 1.89. The first kappa shape index (κ1) is 19.4. The van der Waals surface area contributed by atoms with Crippen LogP contribution >= 0.6 is 24.8 Å². The number of hydrogen-bond donors (Lipinski definition) is 1. The molecular weight excluding hydrogens is 299 g/mol. The second-order valence-corrected chi connectivity index (χ2v) is 4.69. The zero-order valence-electron chi connectivity index (χ0n) is 12.3. The number of ether oxygens (including phenoxy) is 1. The van der Waals surface area contributed by atoms with Crippen LogP contribution in [0.25, 0.3) is 0 Å². The van der Waals surface area contributed by atoms with Crippen molar-refractivity contribution in [1.29, 1.82) is 0 Å². The predicted molar refractivity (Wildman–Crippen MR) is 86.4 cm³/mol. The van der Waals surface area contributed by atoms with Gasteiger partial charge in [0.15, 0.2) is 0 Å². The molecule has 0 aliphatic carbocycles. The van der Waals surface area contributed by atoms with E-state index in [0.717, 1.165) is 36.8 Å². The lowest BCUT2D eigenvalue weighted by molar-refractivity contribution is 0.0462. The Morgan fingerprint density at radius 1 is 1.30 bits per heavy atom. The van der Waals surface area contributed by atoms with Gasteiger partial charge in [-0.15, -0.1) is 24.8 Å². The second kappa shape index (κ2) is 8.62. The van der Waals surface area contributed by atoms with Gasteiger partial charge in [-0.05, 0) is 20.3 Å². The fourth-order valence-corrected chi connectivity index (χ4v) is 2.45. The Hall–Kier alpha value is -0.620. The van der Waals surface area contributed by atoms with Gasteiger partial charge in [-0.3, -0.25) is 0 Å². The Balaban J connectivity index is 0.00000180. The van der Waals surface area contributed by atoms with E-state index in [-0.39, 0.29) is 30.9 Å². The molecule has 0 amide bonds. The summed E-state index contributed by atoms with van der Waals surface area (Å²) in [4.78, 5) is 11.3. The summed E-state index contributed by atoms with van der Waals surface area (Å²) in [5.41, 5.74) is 8.00. The topological polar surface area (TPSA) is 64.3 Å². The van der Waals surface area contributed by atoms with E-state index < -0.39 is 0 Å². The third kappa shape index (κ3) is 4.19. The molecular formula is C13H24Cl2N4O. The van der Waals surface area contributed by atoms with Crippen molar-refractivity contribution in [1.82, 2.24) is 9.97 Å². The molecule has 0 spiro atoms. The first-order valence-corrected chi connectivity index (χ1v) is 6.56. The van der Waals surface area contributed by atoms with Crippen LogP contribution in [0.1, 0.15) is 24.0 Å². The smallest absolute Gasteiger partial charge is 0.135 e. The Morgan fingerprint density at radius 2 is 2.00 bits per heavy atom. The number of nitrogens with zero attached hydrogens (tertiary/aromatic N) is 3. The molecule has 1 saturated heterocycles. The molecule has 0 radical (unpaired) electrons. The van der Waals surface area contributed by atoms with Crippen LogP contribution in [0.5, 0.6) is 0 Å². The monoisotopic (exact) mass is 322 g/mol. The van der Waals surface area contributed by atoms with Crippen molar-refractivity contribution in [3.8, 4) is 0 Å². The molecule has 1 atom stereocenters. The standard InChI is InChI=1S/C13H22N4O.2ClH/c1-4-12-9(2)15-10(3)16-13(12)17-5-6-18-11(7-14)8-17;;/h11H,4-8,14H2,1-3H3;2*1H. The minimum Gasteiger partial charge on any atom is -0.373 e. The zero-order valence-corrected chi connectivity index (χ0v) is 13.9. The van der Waals surface area contributed by atoms with Gasteiger partial charge in [0.05, 0.1) is 12.7 Å². The minimum atomic E-state index is 0. The molecule has 0 bridgehead atoms. The molecule has 0 saturated carbocycles. The molecule has 1 unspecified atom stereocenters. The molecule has 1 aliphatic rings. The van der Waals surface area contributed by atoms with Crippen molar-refractivity contribution in [2.45, 2.75) is 33.3 Å². The number of hydrogen-bond acceptors (Lipinski definition) is 5. The van der Waals surface area contributed by atoms with E-state index in [1.54, 1.807) is 0 Å². The highest BCUT2D eigenvalue weighted by molar-refractivity contribution is 5.85. The predicted octanol–water partition coefficient (Wildman–Crippen LogP) is 1.66. The van der Waals surface area contributed by atoms with Crippen LogP contribution < -0.4 is 10.6 Å². The van der Waals surface area contributed by atoms with Crippen molar-refractivity contribution < 1.29 is 4.74 Å². The van der Waals surface area contributed by atoms with E-state index >= 15 is 0 Å².